The number of amides is 1. The van der Waals surface area contributed by atoms with Gasteiger partial charge in [-0.3, -0.25) is 4.79 Å². The van der Waals surface area contributed by atoms with Crippen LogP contribution in [0.2, 0.25) is 0 Å². The van der Waals surface area contributed by atoms with E-state index >= 15 is 0 Å². The van der Waals surface area contributed by atoms with Crippen LogP contribution in [0.25, 0.3) is 0 Å². The smallest absolute Gasteiger partial charge is 0.226 e. The van der Waals surface area contributed by atoms with Gasteiger partial charge in [-0.15, -0.1) is 0 Å². The molecule has 1 aromatic rings. The summed E-state index contributed by atoms with van der Waals surface area (Å²) in [4.78, 5) is 14.0. The lowest BCUT2D eigenvalue weighted by atomic mass is 10.1. The van der Waals surface area contributed by atoms with Crippen molar-refractivity contribution in [3.63, 3.8) is 0 Å². The van der Waals surface area contributed by atoms with E-state index in [0.717, 1.165) is 19.6 Å². The summed E-state index contributed by atoms with van der Waals surface area (Å²) in [5.41, 5.74) is 0. The van der Waals surface area contributed by atoms with Crippen molar-refractivity contribution in [2.75, 3.05) is 32.0 Å². The molecule has 0 spiro atoms. The first-order chi connectivity index (χ1) is 9.15. The van der Waals surface area contributed by atoms with Crippen LogP contribution in [0.5, 0.6) is 0 Å². The normalized spacial score (nSPS) is 19.6. The number of aryl methyl sites for hydroxylation is 1. The number of carbonyl (C=O) groups excluding carboxylic acids is 1. The van der Waals surface area contributed by atoms with E-state index in [1.165, 1.54) is 12.8 Å². The summed E-state index contributed by atoms with van der Waals surface area (Å²) < 4.78 is 4.90. The molecule has 1 fully saturated rings. The van der Waals surface area contributed by atoms with Gasteiger partial charge in [0, 0.05) is 31.6 Å². The zero-order chi connectivity index (χ0) is 13.7. The van der Waals surface area contributed by atoms with Crippen LogP contribution in [0.4, 0.5) is 5.82 Å². The van der Waals surface area contributed by atoms with Gasteiger partial charge in [0.05, 0.1) is 0 Å². The first-order valence-corrected chi connectivity index (χ1v) is 6.79. The zero-order valence-corrected chi connectivity index (χ0v) is 11.6. The summed E-state index contributed by atoms with van der Waals surface area (Å²) in [6, 6.07) is 2.25. The minimum atomic E-state index is -0.0241. The molecule has 2 N–H and O–H groups in total. The van der Waals surface area contributed by atoms with Crippen molar-refractivity contribution < 1.29 is 9.32 Å². The highest BCUT2D eigenvalue weighted by Crippen LogP contribution is 2.10. The number of hydrogen-bond donors (Lipinski definition) is 2. The number of likely N-dealkylation sites (N-methyl/N-ethyl adjacent to an activating group) is 1. The Morgan fingerprint density at radius 3 is 3.16 bits per heavy atom. The third-order valence-electron chi connectivity index (χ3n) is 3.48. The van der Waals surface area contributed by atoms with Crippen molar-refractivity contribution in [3.8, 4) is 0 Å². The number of piperidine rings is 1. The lowest BCUT2D eigenvalue weighted by Gasteiger charge is -2.31. The number of carbonyl (C=O) groups is 1. The van der Waals surface area contributed by atoms with Gasteiger partial charge in [0.1, 0.15) is 5.76 Å². The van der Waals surface area contributed by atoms with Crippen LogP contribution >= 0.6 is 0 Å². The molecule has 1 aliphatic rings. The molecule has 2 rings (SSSR count). The van der Waals surface area contributed by atoms with E-state index < -0.39 is 0 Å². The fraction of sp³-hybridized carbons (Fsp3) is 0.692. The Morgan fingerprint density at radius 2 is 2.53 bits per heavy atom. The Balaban J connectivity index is 1.70. The number of nitrogens with one attached hydrogen (secondary N) is 2. The first-order valence-electron chi connectivity index (χ1n) is 6.79. The second-order valence-corrected chi connectivity index (χ2v) is 5.10. The minimum absolute atomic E-state index is 0.0241. The fourth-order valence-corrected chi connectivity index (χ4v) is 2.30. The van der Waals surface area contributed by atoms with Crippen LogP contribution < -0.4 is 10.6 Å². The molecule has 1 saturated heterocycles. The quantitative estimate of drug-likeness (QED) is 0.832. The molecular formula is C13H22N4O2. The van der Waals surface area contributed by atoms with E-state index in [4.69, 9.17) is 4.52 Å². The van der Waals surface area contributed by atoms with Crippen LogP contribution in [-0.4, -0.2) is 48.7 Å². The molecule has 19 heavy (non-hydrogen) atoms. The molecule has 1 amide bonds. The van der Waals surface area contributed by atoms with Gasteiger partial charge in [-0.25, -0.2) is 0 Å². The maximum atomic E-state index is 11.8. The number of hydrogen-bond acceptors (Lipinski definition) is 5. The van der Waals surface area contributed by atoms with E-state index in [9.17, 15) is 4.79 Å². The molecule has 0 radical (unpaired) electrons. The molecule has 0 aliphatic carbocycles. The topological polar surface area (TPSA) is 70.4 Å². The van der Waals surface area contributed by atoms with Crippen molar-refractivity contribution in [2.45, 2.75) is 32.2 Å². The van der Waals surface area contributed by atoms with Gasteiger partial charge in [-0.1, -0.05) is 5.16 Å². The molecule has 1 unspecified atom stereocenters. The molecule has 6 heteroatoms. The predicted octanol–water partition coefficient (Wildman–Crippen LogP) is 0.995. The van der Waals surface area contributed by atoms with Crippen molar-refractivity contribution >= 4 is 11.7 Å². The van der Waals surface area contributed by atoms with Crippen LogP contribution in [0.15, 0.2) is 10.6 Å². The van der Waals surface area contributed by atoms with Crippen molar-refractivity contribution in [3.05, 3.63) is 11.8 Å². The third kappa shape index (κ3) is 4.33. The highest BCUT2D eigenvalue weighted by atomic mass is 16.5. The lowest BCUT2D eigenvalue weighted by Crippen LogP contribution is -2.44. The van der Waals surface area contributed by atoms with Crippen LogP contribution in [0.3, 0.4) is 0 Å². The van der Waals surface area contributed by atoms with Gasteiger partial charge in [-0.2, -0.15) is 0 Å². The molecule has 1 atom stereocenters. The van der Waals surface area contributed by atoms with Crippen LogP contribution in [0, 0.1) is 6.92 Å². The van der Waals surface area contributed by atoms with Crippen molar-refractivity contribution in [2.24, 2.45) is 0 Å². The standard InChI is InChI=1S/C13H22N4O2/c1-10-8-12(16-19-10)15-13(18)5-7-17(2)11-4-3-6-14-9-11/h8,11,14H,3-7,9H2,1-2H3,(H,15,16,18). The van der Waals surface area contributed by atoms with Gasteiger partial charge in [0.15, 0.2) is 5.82 Å². The Labute approximate surface area is 113 Å². The summed E-state index contributed by atoms with van der Waals surface area (Å²) in [6.07, 6.45) is 2.88. The molecule has 0 saturated carbocycles. The lowest BCUT2D eigenvalue weighted by molar-refractivity contribution is -0.116. The third-order valence-corrected chi connectivity index (χ3v) is 3.48. The van der Waals surface area contributed by atoms with Crippen LogP contribution in [-0.2, 0) is 4.79 Å². The van der Waals surface area contributed by atoms with Gasteiger partial charge in [0.25, 0.3) is 0 Å². The summed E-state index contributed by atoms with van der Waals surface area (Å²) >= 11 is 0. The SMILES string of the molecule is Cc1cc(NC(=O)CCN(C)C2CCCNC2)no1. The van der Waals surface area contributed by atoms with E-state index in [1.54, 1.807) is 13.0 Å². The van der Waals surface area contributed by atoms with Gasteiger partial charge in [-0.05, 0) is 33.4 Å². The molecule has 2 heterocycles. The first kappa shape index (κ1) is 14.0. The molecule has 106 valence electrons. The number of rotatable bonds is 5. The largest absolute Gasteiger partial charge is 0.360 e. The Bertz CT molecular complexity index is 413. The van der Waals surface area contributed by atoms with Crippen molar-refractivity contribution in [1.29, 1.82) is 0 Å². The summed E-state index contributed by atoms with van der Waals surface area (Å²) in [5, 5.41) is 9.86. The van der Waals surface area contributed by atoms with E-state index in [0.29, 0.717) is 24.0 Å². The number of aromatic nitrogens is 1. The second kappa shape index (κ2) is 6.68. The highest BCUT2D eigenvalue weighted by molar-refractivity contribution is 5.89. The fourth-order valence-electron chi connectivity index (χ4n) is 2.30. The maximum Gasteiger partial charge on any atom is 0.226 e. The van der Waals surface area contributed by atoms with E-state index in [-0.39, 0.29) is 5.91 Å². The van der Waals surface area contributed by atoms with E-state index in [2.05, 4.69) is 27.7 Å². The summed E-state index contributed by atoms with van der Waals surface area (Å²) in [6.45, 7) is 4.68. The zero-order valence-electron chi connectivity index (χ0n) is 11.6. The minimum Gasteiger partial charge on any atom is -0.360 e. The van der Waals surface area contributed by atoms with Crippen molar-refractivity contribution in [1.82, 2.24) is 15.4 Å². The molecule has 6 nitrogen and oxygen atoms in total. The average molecular weight is 266 g/mol. The Kier molecular flexibility index (Phi) is 4.93. The second-order valence-electron chi connectivity index (χ2n) is 5.10. The Morgan fingerprint density at radius 1 is 1.68 bits per heavy atom. The maximum absolute atomic E-state index is 11.8. The Hall–Kier alpha value is -1.40. The summed E-state index contributed by atoms with van der Waals surface area (Å²) in [7, 11) is 2.07. The van der Waals surface area contributed by atoms with Gasteiger partial charge < -0.3 is 20.1 Å². The number of anilines is 1. The van der Waals surface area contributed by atoms with E-state index in [1.807, 2.05) is 0 Å². The predicted molar refractivity (Wildman–Crippen MR) is 73.0 cm³/mol. The number of nitrogens with zero attached hydrogens (tertiary/aromatic N) is 2. The monoisotopic (exact) mass is 266 g/mol. The van der Waals surface area contributed by atoms with Gasteiger partial charge >= 0.3 is 0 Å². The molecular weight excluding hydrogens is 244 g/mol. The molecule has 0 bridgehead atoms. The highest BCUT2D eigenvalue weighted by Gasteiger charge is 2.18. The van der Waals surface area contributed by atoms with Crippen LogP contribution in [0.1, 0.15) is 25.0 Å². The average Bonchev–Trinajstić information content (AvgIpc) is 2.82. The molecule has 0 aromatic carbocycles. The molecule has 1 aliphatic heterocycles. The van der Waals surface area contributed by atoms with Gasteiger partial charge in [0.2, 0.25) is 5.91 Å². The summed E-state index contributed by atoms with van der Waals surface area (Å²) in [5.74, 6) is 1.16. The molecule has 1 aromatic heterocycles.